The van der Waals surface area contributed by atoms with Crippen LogP contribution in [0.25, 0.3) is 0 Å². The molecular weight excluding hydrogens is 276 g/mol. The first-order chi connectivity index (χ1) is 10.8. The first-order valence-corrected chi connectivity index (χ1v) is 7.93. The van der Waals surface area contributed by atoms with Crippen LogP contribution < -0.4 is 10.6 Å². The fraction of sp³-hybridized carbons (Fsp3) is 0.412. The van der Waals surface area contributed by atoms with Gasteiger partial charge in [0.2, 0.25) is 0 Å². The van der Waals surface area contributed by atoms with Crippen molar-refractivity contribution in [1.29, 1.82) is 0 Å². The molecule has 0 saturated heterocycles. The summed E-state index contributed by atoms with van der Waals surface area (Å²) in [4.78, 5) is 12.1. The maximum atomic E-state index is 12.1. The molecule has 2 fully saturated rings. The van der Waals surface area contributed by atoms with Gasteiger partial charge in [-0.25, -0.2) is 0 Å². The van der Waals surface area contributed by atoms with Crippen LogP contribution in [0.1, 0.15) is 41.1 Å². The topological polar surface area (TPSA) is 69.8 Å². The number of amides is 1. The van der Waals surface area contributed by atoms with Crippen LogP contribution in [0, 0.1) is 5.92 Å². The van der Waals surface area contributed by atoms with Gasteiger partial charge in [-0.15, -0.1) is 0 Å². The van der Waals surface area contributed by atoms with Crippen molar-refractivity contribution in [3.05, 3.63) is 47.8 Å². The zero-order chi connectivity index (χ0) is 14.9. The first-order valence-electron chi connectivity index (χ1n) is 7.93. The van der Waals surface area contributed by atoms with E-state index in [4.69, 9.17) is 0 Å². The van der Waals surface area contributed by atoms with Crippen molar-refractivity contribution in [3.63, 3.8) is 0 Å². The van der Waals surface area contributed by atoms with Crippen molar-refractivity contribution in [2.24, 2.45) is 5.92 Å². The predicted molar refractivity (Wildman–Crippen MR) is 84.9 cm³/mol. The highest BCUT2D eigenvalue weighted by molar-refractivity contribution is 6.04. The number of aromatic nitrogens is 2. The van der Waals surface area contributed by atoms with Crippen LogP contribution in [0.5, 0.6) is 0 Å². The summed E-state index contributed by atoms with van der Waals surface area (Å²) in [5.41, 5.74) is 2.68. The number of nitrogens with one attached hydrogen (secondary N) is 3. The van der Waals surface area contributed by atoms with E-state index in [1.165, 1.54) is 31.4 Å². The standard InChI is InChI=1S/C17H20N4O/c22-17(21-14-9-19-20-10-14)13-5-3-12(4-6-13)15-7-16(15)18-8-11-1-2-11/h3-6,9-11,15-16,18H,1-2,7-8H2,(H,19,20)(H,21,22). The second kappa shape index (κ2) is 5.57. The molecule has 114 valence electrons. The van der Waals surface area contributed by atoms with Gasteiger partial charge in [0.15, 0.2) is 0 Å². The molecule has 0 bridgehead atoms. The second-order valence-electron chi connectivity index (χ2n) is 6.36. The monoisotopic (exact) mass is 296 g/mol. The summed E-state index contributed by atoms with van der Waals surface area (Å²) in [6, 6.07) is 8.59. The van der Waals surface area contributed by atoms with E-state index >= 15 is 0 Å². The Balaban J connectivity index is 1.33. The molecule has 2 aromatic rings. The van der Waals surface area contributed by atoms with Crippen LogP contribution in [0.4, 0.5) is 5.69 Å². The van der Waals surface area contributed by atoms with Gasteiger partial charge >= 0.3 is 0 Å². The minimum atomic E-state index is -0.104. The molecular formula is C17H20N4O. The molecule has 0 radical (unpaired) electrons. The lowest BCUT2D eigenvalue weighted by atomic mass is 10.1. The molecule has 2 aliphatic rings. The van der Waals surface area contributed by atoms with E-state index in [0.717, 1.165) is 5.92 Å². The molecule has 0 spiro atoms. The minimum Gasteiger partial charge on any atom is -0.319 e. The van der Waals surface area contributed by atoms with Gasteiger partial charge in [0, 0.05) is 23.7 Å². The van der Waals surface area contributed by atoms with E-state index in [1.807, 2.05) is 12.1 Å². The molecule has 5 nitrogen and oxygen atoms in total. The number of H-pyrrole nitrogens is 1. The lowest BCUT2D eigenvalue weighted by Crippen LogP contribution is -2.20. The fourth-order valence-corrected chi connectivity index (χ4v) is 2.83. The van der Waals surface area contributed by atoms with Gasteiger partial charge in [-0.05, 0) is 49.4 Å². The Morgan fingerprint density at radius 3 is 2.77 bits per heavy atom. The number of aromatic amines is 1. The third-order valence-corrected chi connectivity index (χ3v) is 4.51. The molecule has 2 unspecified atom stereocenters. The largest absolute Gasteiger partial charge is 0.319 e. The number of benzene rings is 1. The quantitative estimate of drug-likeness (QED) is 0.767. The molecule has 3 N–H and O–H groups in total. The predicted octanol–water partition coefficient (Wildman–Crippen LogP) is 2.52. The minimum absolute atomic E-state index is 0.104. The normalized spacial score (nSPS) is 23.3. The summed E-state index contributed by atoms with van der Waals surface area (Å²) in [5.74, 6) is 1.44. The van der Waals surface area contributed by atoms with Gasteiger partial charge < -0.3 is 10.6 Å². The lowest BCUT2D eigenvalue weighted by molar-refractivity contribution is 0.102. The van der Waals surface area contributed by atoms with Crippen LogP contribution in [0.15, 0.2) is 36.7 Å². The average Bonchev–Trinajstić information content (AvgIpc) is 3.45. The number of rotatable bonds is 6. The highest BCUT2D eigenvalue weighted by Crippen LogP contribution is 2.41. The summed E-state index contributed by atoms with van der Waals surface area (Å²) >= 11 is 0. The molecule has 1 aromatic heterocycles. The van der Waals surface area contributed by atoms with Crippen LogP contribution in [0.2, 0.25) is 0 Å². The Kier molecular flexibility index (Phi) is 3.42. The zero-order valence-corrected chi connectivity index (χ0v) is 12.4. The highest BCUT2D eigenvalue weighted by atomic mass is 16.1. The van der Waals surface area contributed by atoms with Crippen molar-refractivity contribution in [1.82, 2.24) is 15.5 Å². The van der Waals surface area contributed by atoms with Crippen molar-refractivity contribution in [2.45, 2.75) is 31.2 Å². The van der Waals surface area contributed by atoms with E-state index in [1.54, 1.807) is 12.4 Å². The molecule has 1 heterocycles. The van der Waals surface area contributed by atoms with E-state index in [0.29, 0.717) is 23.2 Å². The molecule has 22 heavy (non-hydrogen) atoms. The van der Waals surface area contributed by atoms with Gasteiger partial charge in [-0.3, -0.25) is 9.89 Å². The van der Waals surface area contributed by atoms with Crippen molar-refractivity contribution in [2.75, 3.05) is 11.9 Å². The number of carbonyl (C=O) groups is 1. The summed E-state index contributed by atoms with van der Waals surface area (Å²) < 4.78 is 0. The fourth-order valence-electron chi connectivity index (χ4n) is 2.83. The molecule has 2 aliphatic carbocycles. The first kappa shape index (κ1) is 13.5. The Morgan fingerprint density at radius 2 is 2.09 bits per heavy atom. The van der Waals surface area contributed by atoms with E-state index in [-0.39, 0.29) is 5.91 Å². The van der Waals surface area contributed by atoms with Crippen molar-refractivity contribution < 1.29 is 4.79 Å². The van der Waals surface area contributed by atoms with Gasteiger partial charge in [-0.1, -0.05) is 12.1 Å². The van der Waals surface area contributed by atoms with E-state index < -0.39 is 0 Å². The SMILES string of the molecule is O=C(Nc1cn[nH]c1)c1ccc(C2CC2NCC2CC2)cc1. The van der Waals surface area contributed by atoms with E-state index in [2.05, 4.69) is 33.0 Å². The lowest BCUT2D eigenvalue weighted by Gasteiger charge is -2.05. The Bertz CT molecular complexity index is 646. The Hall–Kier alpha value is -2.14. The number of nitrogens with zero attached hydrogens (tertiary/aromatic N) is 1. The maximum absolute atomic E-state index is 12.1. The number of hydrogen-bond donors (Lipinski definition) is 3. The van der Waals surface area contributed by atoms with Crippen LogP contribution in [0.3, 0.4) is 0 Å². The van der Waals surface area contributed by atoms with Gasteiger partial charge in [-0.2, -0.15) is 5.10 Å². The molecule has 4 rings (SSSR count). The van der Waals surface area contributed by atoms with Crippen molar-refractivity contribution in [3.8, 4) is 0 Å². The second-order valence-corrected chi connectivity index (χ2v) is 6.36. The van der Waals surface area contributed by atoms with Gasteiger partial charge in [0.25, 0.3) is 5.91 Å². The van der Waals surface area contributed by atoms with Crippen LogP contribution in [-0.4, -0.2) is 28.7 Å². The molecule has 2 atom stereocenters. The summed E-state index contributed by atoms with van der Waals surface area (Å²) in [6.07, 6.45) is 7.25. The number of anilines is 1. The van der Waals surface area contributed by atoms with Crippen molar-refractivity contribution >= 4 is 11.6 Å². The maximum Gasteiger partial charge on any atom is 0.255 e. The number of carbonyl (C=O) groups excluding carboxylic acids is 1. The summed E-state index contributed by atoms with van der Waals surface area (Å²) in [5, 5.41) is 12.9. The highest BCUT2D eigenvalue weighted by Gasteiger charge is 2.38. The average molecular weight is 296 g/mol. The van der Waals surface area contributed by atoms with Crippen LogP contribution >= 0.6 is 0 Å². The summed E-state index contributed by atoms with van der Waals surface area (Å²) in [6.45, 7) is 1.17. The van der Waals surface area contributed by atoms with Gasteiger partial charge in [0.1, 0.15) is 0 Å². The third-order valence-electron chi connectivity index (χ3n) is 4.51. The molecule has 2 saturated carbocycles. The Labute approximate surface area is 129 Å². The molecule has 5 heteroatoms. The summed E-state index contributed by atoms with van der Waals surface area (Å²) in [7, 11) is 0. The smallest absolute Gasteiger partial charge is 0.255 e. The third kappa shape index (κ3) is 3.04. The van der Waals surface area contributed by atoms with Gasteiger partial charge in [0.05, 0.1) is 11.9 Å². The molecule has 1 aromatic carbocycles. The zero-order valence-electron chi connectivity index (χ0n) is 12.4. The molecule has 1 amide bonds. The Morgan fingerprint density at radius 1 is 1.27 bits per heavy atom. The molecule has 0 aliphatic heterocycles. The number of hydrogen-bond acceptors (Lipinski definition) is 3. The van der Waals surface area contributed by atoms with E-state index in [9.17, 15) is 4.79 Å². The van der Waals surface area contributed by atoms with Crippen LogP contribution in [-0.2, 0) is 0 Å².